The van der Waals surface area contributed by atoms with Gasteiger partial charge in [-0.25, -0.2) is 9.97 Å². The van der Waals surface area contributed by atoms with Gasteiger partial charge in [-0.15, -0.1) is 0 Å². The third-order valence-electron chi connectivity index (χ3n) is 9.11. The summed E-state index contributed by atoms with van der Waals surface area (Å²) in [6, 6.07) is 16.2. The molecule has 0 fully saturated rings. The molecule has 0 unspecified atom stereocenters. The SMILES string of the molecule is CCCCc1nc2c(N)nc3ccccc3c2n1OCCCCN(CCCN(C)C)c1c(NCCNC(=O)CCCc2ccc(I)cc2)c(=O)c1=O. The molecule has 2 aromatic heterocycles. The number of hydrogen-bond acceptors (Lipinski definition) is 10. The van der Waals surface area contributed by atoms with Gasteiger partial charge in [0.15, 0.2) is 5.82 Å². The number of aryl methyl sites for hydroxylation is 2. The van der Waals surface area contributed by atoms with E-state index in [4.69, 9.17) is 15.6 Å². The first-order valence-electron chi connectivity index (χ1n) is 18.3. The Morgan fingerprint density at radius 2 is 1.67 bits per heavy atom. The third-order valence-corrected chi connectivity index (χ3v) is 9.83. The Morgan fingerprint density at radius 1 is 0.904 bits per heavy atom. The van der Waals surface area contributed by atoms with Gasteiger partial charge in [-0.2, -0.15) is 4.73 Å². The number of amides is 1. The molecule has 1 amide bonds. The van der Waals surface area contributed by atoms with Crippen LogP contribution in [0.2, 0.25) is 0 Å². The van der Waals surface area contributed by atoms with Gasteiger partial charge in [-0.1, -0.05) is 43.7 Å². The van der Waals surface area contributed by atoms with Crippen LogP contribution in [0.3, 0.4) is 0 Å². The summed E-state index contributed by atoms with van der Waals surface area (Å²) in [7, 11) is 4.04. The van der Waals surface area contributed by atoms with Crippen molar-refractivity contribution in [1.82, 2.24) is 24.9 Å². The summed E-state index contributed by atoms with van der Waals surface area (Å²) in [5.74, 6) is 1.18. The van der Waals surface area contributed by atoms with Crippen molar-refractivity contribution in [3.05, 3.63) is 83.9 Å². The van der Waals surface area contributed by atoms with Gasteiger partial charge < -0.3 is 31.0 Å². The molecule has 52 heavy (non-hydrogen) atoms. The molecule has 0 radical (unpaired) electrons. The molecule has 0 bridgehead atoms. The van der Waals surface area contributed by atoms with Crippen molar-refractivity contribution in [2.75, 3.05) is 69.4 Å². The molecule has 0 spiro atoms. The zero-order chi connectivity index (χ0) is 37.0. The first kappa shape index (κ1) is 39.0. The lowest BCUT2D eigenvalue weighted by Crippen LogP contribution is -2.44. The van der Waals surface area contributed by atoms with E-state index in [2.05, 4.69) is 74.3 Å². The van der Waals surface area contributed by atoms with E-state index >= 15 is 0 Å². The average molecular weight is 823 g/mol. The molecule has 13 heteroatoms. The number of anilines is 3. The third kappa shape index (κ3) is 10.00. The van der Waals surface area contributed by atoms with Gasteiger partial charge in [-0.3, -0.25) is 14.4 Å². The van der Waals surface area contributed by atoms with Crippen LogP contribution in [0.25, 0.3) is 21.9 Å². The number of hydrogen-bond donors (Lipinski definition) is 3. The number of nitrogen functional groups attached to an aromatic ring is 1. The maximum atomic E-state index is 12.9. The number of rotatable bonds is 22. The largest absolute Gasteiger partial charge is 0.412 e. The molecule has 0 saturated heterocycles. The molecule has 2 heterocycles. The predicted molar refractivity (Wildman–Crippen MR) is 219 cm³/mol. The Hall–Kier alpha value is -4.24. The van der Waals surface area contributed by atoms with Gasteiger partial charge in [0.2, 0.25) is 5.91 Å². The number of unbranched alkanes of at least 4 members (excludes halogenated alkanes) is 2. The van der Waals surface area contributed by atoms with Crippen LogP contribution in [-0.4, -0.2) is 78.9 Å². The number of para-hydroxylation sites is 1. The van der Waals surface area contributed by atoms with Crippen LogP contribution in [0.15, 0.2) is 58.1 Å². The van der Waals surface area contributed by atoms with Crippen molar-refractivity contribution < 1.29 is 9.63 Å². The van der Waals surface area contributed by atoms with E-state index < -0.39 is 10.9 Å². The number of aromatic nitrogens is 3. The predicted octanol–water partition coefficient (Wildman–Crippen LogP) is 4.93. The molecule has 0 atom stereocenters. The quantitative estimate of drug-likeness (QED) is 0.0499. The van der Waals surface area contributed by atoms with Gasteiger partial charge in [0.05, 0.1) is 5.52 Å². The van der Waals surface area contributed by atoms with Crippen molar-refractivity contribution >= 4 is 67.6 Å². The maximum absolute atomic E-state index is 12.9. The van der Waals surface area contributed by atoms with Crippen molar-refractivity contribution in [2.24, 2.45) is 0 Å². The Bertz CT molecular complexity index is 2000. The number of halogens is 1. The van der Waals surface area contributed by atoms with Crippen LogP contribution in [0.1, 0.15) is 63.3 Å². The highest BCUT2D eigenvalue weighted by molar-refractivity contribution is 14.1. The first-order chi connectivity index (χ1) is 25.2. The van der Waals surface area contributed by atoms with E-state index in [9.17, 15) is 14.4 Å². The van der Waals surface area contributed by atoms with Crippen LogP contribution in [0, 0.1) is 3.57 Å². The fourth-order valence-electron chi connectivity index (χ4n) is 6.35. The van der Waals surface area contributed by atoms with Gasteiger partial charge in [0.25, 0.3) is 10.9 Å². The van der Waals surface area contributed by atoms with Crippen molar-refractivity contribution in [1.29, 1.82) is 0 Å². The molecular formula is C39H51IN8O4. The minimum atomic E-state index is -0.507. The van der Waals surface area contributed by atoms with E-state index in [-0.39, 0.29) is 5.91 Å². The number of imidazole rings is 1. The molecule has 278 valence electrons. The molecule has 12 nitrogen and oxygen atoms in total. The second-order valence-electron chi connectivity index (χ2n) is 13.5. The Labute approximate surface area is 318 Å². The van der Waals surface area contributed by atoms with Gasteiger partial charge in [0.1, 0.15) is 34.8 Å². The highest BCUT2D eigenvalue weighted by Gasteiger charge is 2.26. The second-order valence-corrected chi connectivity index (χ2v) is 14.7. The van der Waals surface area contributed by atoms with E-state index in [1.165, 1.54) is 9.13 Å². The Morgan fingerprint density at radius 3 is 2.44 bits per heavy atom. The van der Waals surface area contributed by atoms with Crippen molar-refractivity contribution in [3.63, 3.8) is 0 Å². The van der Waals surface area contributed by atoms with Crippen LogP contribution in [0.5, 0.6) is 0 Å². The molecule has 3 aromatic carbocycles. The molecule has 0 aliphatic heterocycles. The summed E-state index contributed by atoms with van der Waals surface area (Å²) in [6.45, 7) is 5.39. The monoisotopic (exact) mass is 822 g/mol. The summed E-state index contributed by atoms with van der Waals surface area (Å²) >= 11 is 2.28. The number of nitrogens with one attached hydrogen (secondary N) is 2. The highest BCUT2D eigenvalue weighted by Crippen LogP contribution is 2.29. The maximum Gasteiger partial charge on any atom is 0.253 e. The van der Waals surface area contributed by atoms with E-state index in [1.54, 1.807) is 0 Å². The van der Waals surface area contributed by atoms with Crippen LogP contribution >= 0.6 is 22.6 Å². The average Bonchev–Trinajstić information content (AvgIpc) is 3.50. The molecule has 0 saturated carbocycles. The van der Waals surface area contributed by atoms with Crippen LogP contribution in [0.4, 0.5) is 17.2 Å². The first-order valence-corrected chi connectivity index (χ1v) is 19.4. The number of carbonyl (C=O) groups is 1. The van der Waals surface area contributed by atoms with Gasteiger partial charge >= 0.3 is 0 Å². The molecule has 0 aliphatic rings. The smallest absolute Gasteiger partial charge is 0.253 e. The standard InChI is InChI=1S/C39H51IN8O4/c1-4-5-15-31-45-34-35(29-13-6-7-14-30(29)44-39(34)41)48(31)52-26-9-8-24-47(25-11-23-46(2)3)36-33(37(50)38(36)51)43-22-21-42-32(49)16-10-12-27-17-19-28(40)20-18-27/h6-7,13-14,17-20,43H,4-5,8-12,15-16,21-26H2,1-3H3,(H2,41,44)(H,42,49). The van der Waals surface area contributed by atoms with Crippen LogP contribution in [-0.2, 0) is 17.6 Å². The molecule has 0 aliphatic carbocycles. The van der Waals surface area contributed by atoms with E-state index in [0.717, 1.165) is 80.2 Å². The minimum Gasteiger partial charge on any atom is -0.412 e. The van der Waals surface area contributed by atoms with E-state index in [1.807, 2.05) is 48.0 Å². The molecule has 4 N–H and O–H groups in total. The molecule has 5 rings (SSSR count). The fourth-order valence-corrected chi connectivity index (χ4v) is 6.71. The fraction of sp³-hybridized carbons (Fsp3) is 0.462. The van der Waals surface area contributed by atoms with E-state index in [0.29, 0.717) is 61.9 Å². The number of nitrogens with zero attached hydrogens (tertiary/aromatic N) is 5. The topological polar surface area (TPSA) is 148 Å². The Balaban J connectivity index is 1.16. The lowest BCUT2D eigenvalue weighted by Gasteiger charge is -2.28. The summed E-state index contributed by atoms with van der Waals surface area (Å²) in [6.07, 6.45) is 7.10. The Kier molecular flexibility index (Phi) is 14.3. The number of pyridine rings is 1. The number of fused-ring (bicyclic) bond motifs is 3. The minimum absolute atomic E-state index is 0.0282. The normalized spacial score (nSPS) is 11.6. The number of benzene rings is 2. The van der Waals surface area contributed by atoms with Gasteiger partial charge in [-0.05, 0) is 106 Å². The molecule has 5 aromatic rings. The highest BCUT2D eigenvalue weighted by atomic mass is 127. The number of nitrogens with two attached hydrogens (primary N) is 1. The van der Waals surface area contributed by atoms with Crippen molar-refractivity contribution in [3.8, 4) is 0 Å². The zero-order valence-electron chi connectivity index (χ0n) is 30.5. The lowest BCUT2D eigenvalue weighted by atomic mass is 10.1. The van der Waals surface area contributed by atoms with Crippen LogP contribution < -0.4 is 37.0 Å². The zero-order valence-corrected chi connectivity index (χ0v) is 32.7. The lowest BCUT2D eigenvalue weighted by molar-refractivity contribution is -0.121. The van der Waals surface area contributed by atoms with Gasteiger partial charge in [0, 0.05) is 48.0 Å². The second kappa shape index (κ2) is 19.0. The summed E-state index contributed by atoms with van der Waals surface area (Å²) in [5.41, 5.74) is 9.62. The summed E-state index contributed by atoms with van der Waals surface area (Å²) < 4.78 is 3.02. The summed E-state index contributed by atoms with van der Waals surface area (Å²) in [5, 5.41) is 7.00. The van der Waals surface area contributed by atoms with Crippen molar-refractivity contribution in [2.45, 2.75) is 64.7 Å². The number of carbonyl (C=O) groups excluding carboxylic acids is 1. The summed E-state index contributed by atoms with van der Waals surface area (Å²) in [4.78, 5) is 58.0. The molecular weight excluding hydrogens is 771 g/mol.